The van der Waals surface area contributed by atoms with Gasteiger partial charge in [-0.1, -0.05) is 0 Å². The Morgan fingerprint density at radius 3 is 2.35 bits per heavy atom. The van der Waals surface area contributed by atoms with Gasteiger partial charge in [0.2, 0.25) is 0 Å². The van der Waals surface area contributed by atoms with E-state index in [1.54, 1.807) is 17.2 Å². The van der Waals surface area contributed by atoms with Crippen molar-refractivity contribution in [3.8, 4) is 5.69 Å². The van der Waals surface area contributed by atoms with Crippen LogP contribution < -0.4 is 5.32 Å². The van der Waals surface area contributed by atoms with Gasteiger partial charge < -0.3 is 9.73 Å². The molecular weight excluding hydrogens is 252 g/mol. The molecule has 0 radical (unpaired) electrons. The lowest BCUT2D eigenvalue weighted by Gasteiger charge is -2.13. The Bertz CT molecular complexity index is 670. The Balaban J connectivity index is 1.72. The third-order valence-electron chi connectivity index (χ3n) is 3.09. The topological polar surface area (TPSA) is 55.9 Å². The Kier molecular flexibility index (Phi) is 3.25. The molecule has 2 heterocycles. The molecule has 1 N–H and O–H groups in total. The molecule has 1 atom stereocenters. The van der Waals surface area contributed by atoms with Crippen molar-refractivity contribution in [1.29, 1.82) is 0 Å². The quantitative estimate of drug-likeness (QED) is 0.788. The van der Waals surface area contributed by atoms with E-state index in [1.807, 2.05) is 43.3 Å². The van der Waals surface area contributed by atoms with Gasteiger partial charge in [0, 0.05) is 5.69 Å². The first kappa shape index (κ1) is 12.5. The van der Waals surface area contributed by atoms with E-state index < -0.39 is 0 Å². The van der Waals surface area contributed by atoms with Gasteiger partial charge in [-0.15, -0.1) is 0 Å². The third kappa shape index (κ3) is 2.56. The number of nitrogens with one attached hydrogen (secondary N) is 1. The molecule has 0 bridgehead atoms. The van der Waals surface area contributed by atoms with Crippen molar-refractivity contribution in [2.24, 2.45) is 0 Å². The van der Waals surface area contributed by atoms with Crippen molar-refractivity contribution in [2.45, 2.75) is 19.9 Å². The van der Waals surface area contributed by atoms with Crippen molar-refractivity contribution in [1.82, 2.24) is 15.0 Å². The number of nitrogens with zero attached hydrogens (tertiary/aromatic N) is 3. The van der Waals surface area contributed by atoms with E-state index in [2.05, 4.69) is 22.4 Å². The number of hydrogen-bond donors (Lipinski definition) is 1. The molecule has 2 aromatic heterocycles. The summed E-state index contributed by atoms with van der Waals surface area (Å²) in [7, 11) is 0. The van der Waals surface area contributed by atoms with Gasteiger partial charge >= 0.3 is 0 Å². The van der Waals surface area contributed by atoms with Crippen LogP contribution in [0.5, 0.6) is 0 Å². The highest BCUT2D eigenvalue weighted by Crippen LogP contribution is 2.21. The molecule has 1 unspecified atom stereocenters. The van der Waals surface area contributed by atoms with Gasteiger partial charge in [0.15, 0.2) is 0 Å². The standard InChI is InChI=1S/C15H16N4O/c1-11-3-8-15(20-11)12(2)18-13-4-6-14(7-5-13)19-16-9-10-17-19/h3-10,12,18H,1-2H3. The van der Waals surface area contributed by atoms with Gasteiger partial charge in [0.25, 0.3) is 0 Å². The van der Waals surface area contributed by atoms with E-state index in [9.17, 15) is 0 Å². The molecule has 102 valence electrons. The zero-order valence-electron chi connectivity index (χ0n) is 11.4. The third-order valence-corrected chi connectivity index (χ3v) is 3.09. The number of aromatic nitrogens is 3. The van der Waals surface area contributed by atoms with Crippen molar-refractivity contribution >= 4 is 5.69 Å². The molecule has 3 rings (SSSR count). The van der Waals surface area contributed by atoms with E-state index in [-0.39, 0.29) is 6.04 Å². The van der Waals surface area contributed by atoms with Crippen LogP contribution in [0.4, 0.5) is 5.69 Å². The van der Waals surface area contributed by atoms with E-state index in [4.69, 9.17) is 4.42 Å². The van der Waals surface area contributed by atoms with Crippen molar-refractivity contribution < 1.29 is 4.42 Å². The first-order chi connectivity index (χ1) is 9.72. The summed E-state index contributed by atoms with van der Waals surface area (Å²) in [4.78, 5) is 1.59. The van der Waals surface area contributed by atoms with Crippen LogP contribution in [0.15, 0.2) is 53.2 Å². The summed E-state index contributed by atoms with van der Waals surface area (Å²) in [5.41, 5.74) is 1.96. The first-order valence-corrected chi connectivity index (χ1v) is 6.52. The minimum absolute atomic E-state index is 0.123. The maximum absolute atomic E-state index is 5.61. The highest BCUT2D eigenvalue weighted by Gasteiger charge is 2.09. The second-order valence-electron chi connectivity index (χ2n) is 4.68. The molecule has 0 aliphatic heterocycles. The molecule has 20 heavy (non-hydrogen) atoms. The van der Waals surface area contributed by atoms with Crippen LogP contribution in [0.2, 0.25) is 0 Å². The van der Waals surface area contributed by atoms with Crippen LogP contribution >= 0.6 is 0 Å². The summed E-state index contributed by atoms with van der Waals surface area (Å²) in [6, 6.07) is 12.0. The molecule has 0 aliphatic carbocycles. The normalized spacial score (nSPS) is 12.3. The highest BCUT2D eigenvalue weighted by atomic mass is 16.3. The molecule has 0 saturated heterocycles. The summed E-state index contributed by atoms with van der Waals surface area (Å²) < 4.78 is 5.61. The summed E-state index contributed by atoms with van der Waals surface area (Å²) in [5.74, 6) is 1.86. The largest absolute Gasteiger partial charge is 0.464 e. The smallest absolute Gasteiger partial charge is 0.126 e. The fraction of sp³-hybridized carbons (Fsp3) is 0.200. The van der Waals surface area contributed by atoms with Gasteiger partial charge in [-0.3, -0.25) is 0 Å². The Labute approximate surface area is 117 Å². The minimum atomic E-state index is 0.123. The summed E-state index contributed by atoms with van der Waals surface area (Å²) in [5, 5.41) is 11.6. The maximum atomic E-state index is 5.61. The Hall–Kier alpha value is -2.56. The van der Waals surface area contributed by atoms with Crippen LogP contribution in [0, 0.1) is 6.92 Å². The second kappa shape index (κ2) is 5.21. The lowest BCUT2D eigenvalue weighted by molar-refractivity contribution is 0.467. The van der Waals surface area contributed by atoms with Crippen LogP contribution in [-0.2, 0) is 0 Å². The van der Waals surface area contributed by atoms with E-state index in [0.717, 1.165) is 22.9 Å². The average molecular weight is 268 g/mol. The monoisotopic (exact) mass is 268 g/mol. The molecule has 5 heteroatoms. The maximum Gasteiger partial charge on any atom is 0.126 e. The van der Waals surface area contributed by atoms with E-state index in [0.29, 0.717) is 0 Å². The second-order valence-corrected chi connectivity index (χ2v) is 4.68. The zero-order chi connectivity index (χ0) is 13.9. The van der Waals surface area contributed by atoms with Crippen LogP contribution in [-0.4, -0.2) is 15.0 Å². The SMILES string of the molecule is Cc1ccc(C(C)Nc2ccc(-n3nccn3)cc2)o1. The van der Waals surface area contributed by atoms with Gasteiger partial charge in [-0.05, 0) is 50.2 Å². The number of rotatable bonds is 4. The van der Waals surface area contributed by atoms with Crippen LogP contribution in [0.25, 0.3) is 5.69 Å². The molecule has 0 saturated carbocycles. The fourth-order valence-corrected chi connectivity index (χ4v) is 2.05. The van der Waals surface area contributed by atoms with Gasteiger partial charge in [-0.2, -0.15) is 15.0 Å². The van der Waals surface area contributed by atoms with Gasteiger partial charge in [0.1, 0.15) is 11.5 Å². The van der Waals surface area contributed by atoms with E-state index >= 15 is 0 Å². The van der Waals surface area contributed by atoms with Crippen LogP contribution in [0.3, 0.4) is 0 Å². The molecule has 5 nitrogen and oxygen atoms in total. The number of hydrogen-bond acceptors (Lipinski definition) is 4. The molecule has 1 aromatic carbocycles. The number of aryl methyl sites for hydroxylation is 1. The lowest BCUT2D eigenvalue weighted by Crippen LogP contribution is -2.06. The zero-order valence-corrected chi connectivity index (χ0v) is 11.4. The Morgan fingerprint density at radius 2 is 1.75 bits per heavy atom. The summed E-state index contributed by atoms with van der Waals surface area (Å²) >= 11 is 0. The van der Waals surface area contributed by atoms with Crippen molar-refractivity contribution in [2.75, 3.05) is 5.32 Å². The number of anilines is 1. The molecule has 0 aliphatic rings. The van der Waals surface area contributed by atoms with Gasteiger partial charge in [-0.25, -0.2) is 0 Å². The van der Waals surface area contributed by atoms with Crippen molar-refractivity contribution in [3.63, 3.8) is 0 Å². The minimum Gasteiger partial charge on any atom is -0.464 e. The molecule has 3 aromatic rings. The summed E-state index contributed by atoms with van der Waals surface area (Å²) in [6.07, 6.45) is 3.32. The Morgan fingerprint density at radius 1 is 1.05 bits per heavy atom. The van der Waals surface area contributed by atoms with E-state index in [1.165, 1.54) is 0 Å². The molecular formula is C15H16N4O. The molecule has 0 amide bonds. The average Bonchev–Trinajstić information content (AvgIpc) is 3.10. The molecule has 0 fully saturated rings. The predicted octanol–water partition coefficient (Wildman–Crippen LogP) is 3.34. The van der Waals surface area contributed by atoms with Crippen molar-refractivity contribution in [3.05, 3.63) is 60.3 Å². The fourth-order valence-electron chi connectivity index (χ4n) is 2.05. The highest BCUT2D eigenvalue weighted by molar-refractivity contribution is 5.49. The van der Waals surface area contributed by atoms with Crippen LogP contribution in [0.1, 0.15) is 24.5 Å². The first-order valence-electron chi connectivity index (χ1n) is 6.52. The lowest BCUT2D eigenvalue weighted by atomic mass is 10.2. The predicted molar refractivity (Wildman–Crippen MR) is 76.8 cm³/mol. The number of benzene rings is 1. The van der Waals surface area contributed by atoms with Gasteiger partial charge in [0.05, 0.1) is 24.1 Å². The number of furan rings is 1. The summed E-state index contributed by atoms with van der Waals surface area (Å²) in [6.45, 7) is 4.02. The molecule has 0 spiro atoms.